The molecule has 0 amide bonds. The van der Waals surface area contributed by atoms with Crippen molar-refractivity contribution in [2.75, 3.05) is 14.2 Å². The maximum absolute atomic E-state index is 13.9. The number of ether oxygens (including phenoxy) is 2. The summed E-state index contributed by atoms with van der Waals surface area (Å²) in [5.74, 6) is -5.84. The molecule has 7 heteroatoms. The molecule has 0 saturated carbocycles. The predicted molar refractivity (Wildman–Crippen MR) is 129 cm³/mol. The Balaban J connectivity index is 2.04. The van der Waals surface area contributed by atoms with E-state index >= 15 is 0 Å². The molecule has 0 radical (unpaired) electrons. The smallest absolute Gasteiger partial charge is 0.318 e. The van der Waals surface area contributed by atoms with Gasteiger partial charge in [0.2, 0.25) is 0 Å². The van der Waals surface area contributed by atoms with Crippen molar-refractivity contribution in [3.63, 3.8) is 0 Å². The van der Waals surface area contributed by atoms with Crippen LogP contribution in [0.1, 0.15) is 33.0 Å². The zero-order valence-electron chi connectivity index (χ0n) is 19.2. The molecule has 0 aromatic heterocycles. The molecule has 1 unspecified atom stereocenters. The highest BCUT2D eigenvalue weighted by molar-refractivity contribution is 6.17. The summed E-state index contributed by atoms with van der Waals surface area (Å²) in [5, 5.41) is 19.9. The minimum absolute atomic E-state index is 0.153. The summed E-state index contributed by atoms with van der Waals surface area (Å²) in [5.41, 5.74) is 2.94. The fraction of sp³-hybridized carbons (Fsp3) is 0.179. The normalized spacial score (nSPS) is 14.5. The number of hydrogen-bond acceptors (Lipinski definition) is 5. The fourth-order valence-electron chi connectivity index (χ4n) is 4.65. The van der Waals surface area contributed by atoms with Gasteiger partial charge in [0.05, 0.1) is 14.2 Å². The van der Waals surface area contributed by atoms with Crippen molar-refractivity contribution in [2.24, 2.45) is 5.92 Å². The Hall–Kier alpha value is -4.39. The van der Waals surface area contributed by atoms with E-state index in [2.05, 4.69) is 0 Å². The van der Waals surface area contributed by atoms with Crippen LogP contribution in [0, 0.1) is 5.92 Å². The van der Waals surface area contributed by atoms with Crippen molar-refractivity contribution in [1.82, 2.24) is 0 Å². The highest BCUT2D eigenvalue weighted by atomic mass is 16.5. The van der Waals surface area contributed by atoms with Gasteiger partial charge in [-0.2, -0.15) is 0 Å². The lowest BCUT2D eigenvalue weighted by molar-refractivity contribution is -0.155. The quantitative estimate of drug-likeness (QED) is 0.349. The van der Waals surface area contributed by atoms with Crippen LogP contribution in [0.4, 0.5) is 0 Å². The molecule has 1 aliphatic rings. The van der Waals surface area contributed by atoms with Gasteiger partial charge in [0, 0.05) is 17.1 Å². The Kier molecular flexibility index (Phi) is 6.68. The third-order valence-corrected chi connectivity index (χ3v) is 6.22. The molecule has 2 N–H and O–H groups in total. The Bertz CT molecular complexity index is 1300. The van der Waals surface area contributed by atoms with Crippen LogP contribution in [0.2, 0.25) is 0 Å². The number of methoxy groups -OCH3 is 2. The van der Waals surface area contributed by atoms with Crippen LogP contribution in [0.25, 0.3) is 5.57 Å². The van der Waals surface area contributed by atoms with Crippen molar-refractivity contribution >= 4 is 23.3 Å². The topological polar surface area (TPSA) is 110 Å². The second-order valence-electron chi connectivity index (χ2n) is 8.18. The van der Waals surface area contributed by atoms with E-state index < -0.39 is 29.6 Å². The minimum atomic E-state index is -1.87. The van der Waals surface area contributed by atoms with Crippen LogP contribution >= 0.6 is 0 Å². The van der Waals surface area contributed by atoms with Gasteiger partial charge in [-0.25, -0.2) is 0 Å². The Labute approximate surface area is 202 Å². The standard InChI is InChI=1S/C28H24O7/c1-34-21-14-18-19(13-16-9-5-3-6-10-16)24(26(29)17-11-7-4-8-12-17)23(20(18)15-22(21)35-2)25(27(30)31)28(32)33/h3-12,14-15,23,25H,13H2,1-2H3,(H,30,31)(H,32,33). The van der Waals surface area contributed by atoms with Gasteiger partial charge in [-0.1, -0.05) is 60.7 Å². The number of benzene rings is 3. The van der Waals surface area contributed by atoms with E-state index in [1.54, 1.807) is 42.5 Å². The molecule has 3 aromatic carbocycles. The van der Waals surface area contributed by atoms with Crippen molar-refractivity contribution in [3.05, 3.63) is 101 Å². The molecular weight excluding hydrogens is 448 g/mol. The van der Waals surface area contributed by atoms with Crippen LogP contribution < -0.4 is 9.47 Å². The lowest BCUT2D eigenvalue weighted by atomic mass is 9.80. The molecule has 178 valence electrons. The molecule has 7 nitrogen and oxygen atoms in total. The summed E-state index contributed by atoms with van der Waals surface area (Å²) in [6, 6.07) is 21.1. The van der Waals surface area contributed by atoms with Gasteiger partial charge in [0.15, 0.2) is 23.2 Å². The summed E-state index contributed by atoms with van der Waals surface area (Å²) in [6.07, 6.45) is 0.305. The van der Waals surface area contributed by atoms with E-state index in [-0.39, 0.29) is 5.57 Å². The molecule has 0 heterocycles. The third-order valence-electron chi connectivity index (χ3n) is 6.22. The number of ketones is 1. The summed E-state index contributed by atoms with van der Waals surface area (Å²) >= 11 is 0. The van der Waals surface area contributed by atoms with Crippen molar-refractivity contribution in [3.8, 4) is 11.5 Å². The fourth-order valence-corrected chi connectivity index (χ4v) is 4.65. The zero-order valence-corrected chi connectivity index (χ0v) is 19.2. The van der Waals surface area contributed by atoms with Crippen LogP contribution in [0.3, 0.4) is 0 Å². The van der Waals surface area contributed by atoms with E-state index in [1.807, 2.05) is 30.3 Å². The van der Waals surface area contributed by atoms with Gasteiger partial charge < -0.3 is 19.7 Å². The molecule has 0 fully saturated rings. The molecule has 4 rings (SSSR count). The van der Waals surface area contributed by atoms with Gasteiger partial charge in [-0.05, 0) is 40.8 Å². The van der Waals surface area contributed by atoms with Gasteiger partial charge in [-0.15, -0.1) is 0 Å². The second kappa shape index (κ2) is 9.85. The maximum Gasteiger partial charge on any atom is 0.318 e. The van der Waals surface area contributed by atoms with Crippen LogP contribution in [-0.4, -0.2) is 42.2 Å². The predicted octanol–water partition coefficient (Wildman–Crippen LogP) is 4.47. The summed E-state index contributed by atoms with van der Waals surface area (Å²) in [6.45, 7) is 0. The average Bonchev–Trinajstić information content (AvgIpc) is 3.15. The highest BCUT2D eigenvalue weighted by Gasteiger charge is 2.46. The van der Waals surface area contributed by atoms with E-state index in [4.69, 9.17) is 9.47 Å². The van der Waals surface area contributed by atoms with E-state index in [1.165, 1.54) is 14.2 Å². The average molecular weight is 472 g/mol. The van der Waals surface area contributed by atoms with Crippen LogP contribution in [-0.2, 0) is 16.0 Å². The van der Waals surface area contributed by atoms with E-state index in [0.29, 0.717) is 40.2 Å². The van der Waals surface area contributed by atoms with Crippen molar-refractivity contribution < 1.29 is 34.1 Å². The number of hydrogen-bond donors (Lipinski definition) is 2. The first-order valence-electron chi connectivity index (χ1n) is 11.0. The molecule has 0 aliphatic heterocycles. The molecule has 1 aliphatic carbocycles. The first-order valence-corrected chi connectivity index (χ1v) is 11.0. The summed E-state index contributed by atoms with van der Waals surface area (Å²) in [7, 11) is 2.92. The van der Waals surface area contributed by atoms with Gasteiger partial charge in [0.1, 0.15) is 0 Å². The van der Waals surface area contributed by atoms with Crippen molar-refractivity contribution in [2.45, 2.75) is 12.3 Å². The highest BCUT2D eigenvalue weighted by Crippen LogP contribution is 2.51. The summed E-state index contributed by atoms with van der Waals surface area (Å²) < 4.78 is 10.9. The largest absolute Gasteiger partial charge is 0.493 e. The second-order valence-corrected chi connectivity index (χ2v) is 8.18. The van der Waals surface area contributed by atoms with Crippen LogP contribution in [0.15, 0.2) is 78.4 Å². The number of carboxylic acids is 2. The van der Waals surface area contributed by atoms with E-state index in [0.717, 1.165) is 5.56 Å². The first-order chi connectivity index (χ1) is 16.9. The van der Waals surface area contributed by atoms with E-state index in [9.17, 15) is 24.6 Å². The number of allylic oxidation sites excluding steroid dienone is 2. The molecule has 0 bridgehead atoms. The minimum Gasteiger partial charge on any atom is -0.493 e. The maximum atomic E-state index is 13.9. The lowest BCUT2D eigenvalue weighted by Gasteiger charge is -2.21. The third kappa shape index (κ3) is 4.40. The number of carboxylic acid groups (broad SMARTS) is 2. The molecule has 1 atom stereocenters. The Morgan fingerprint density at radius 1 is 0.829 bits per heavy atom. The number of aliphatic carboxylic acids is 2. The van der Waals surface area contributed by atoms with Gasteiger partial charge in [0.25, 0.3) is 0 Å². The SMILES string of the molecule is COc1cc2c(cc1OC)C(C(C(=O)O)C(=O)O)C(C(=O)c1ccccc1)=C2Cc1ccccc1. The Morgan fingerprint density at radius 2 is 1.37 bits per heavy atom. The summed E-state index contributed by atoms with van der Waals surface area (Å²) in [4.78, 5) is 38.3. The monoisotopic (exact) mass is 472 g/mol. The number of carbonyl (C=O) groups excluding carboxylic acids is 1. The van der Waals surface area contributed by atoms with Gasteiger partial charge >= 0.3 is 11.9 Å². The molecule has 3 aromatic rings. The zero-order chi connectivity index (χ0) is 25.1. The number of rotatable bonds is 9. The molecular formula is C28H24O7. The first kappa shape index (κ1) is 23.8. The molecule has 0 saturated heterocycles. The number of carbonyl (C=O) groups is 3. The lowest BCUT2D eigenvalue weighted by Crippen LogP contribution is -2.32. The number of fused-ring (bicyclic) bond motifs is 1. The van der Waals surface area contributed by atoms with Gasteiger partial charge in [-0.3, -0.25) is 14.4 Å². The van der Waals surface area contributed by atoms with Crippen LogP contribution in [0.5, 0.6) is 11.5 Å². The molecule has 35 heavy (non-hydrogen) atoms. The Morgan fingerprint density at radius 3 is 1.91 bits per heavy atom. The molecule has 0 spiro atoms. The number of Topliss-reactive ketones (excluding diaryl/α,β-unsaturated/α-hetero) is 1. The van der Waals surface area contributed by atoms with Crippen molar-refractivity contribution in [1.29, 1.82) is 0 Å².